The van der Waals surface area contributed by atoms with Gasteiger partial charge in [0.15, 0.2) is 0 Å². The average molecular weight is 152 g/mol. The molecule has 0 aromatic heterocycles. The predicted octanol–water partition coefficient (Wildman–Crippen LogP) is 1.20. The van der Waals surface area contributed by atoms with Crippen molar-refractivity contribution in [1.82, 2.24) is 0 Å². The van der Waals surface area contributed by atoms with Gasteiger partial charge in [-0.2, -0.15) is 0 Å². The summed E-state index contributed by atoms with van der Waals surface area (Å²) < 4.78 is 0. The lowest BCUT2D eigenvalue weighted by atomic mass is 9.84. The van der Waals surface area contributed by atoms with E-state index in [1.165, 1.54) is 6.08 Å². The largest absolute Gasteiger partial charge is 0.385 e. The first-order valence-electron chi connectivity index (χ1n) is 3.77. The van der Waals surface area contributed by atoms with Gasteiger partial charge in [-0.3, -0.25) is 4.79 Å². The zero-order valence-electron chi connectivity index (χ0n) is 6.47. The maximum atomic E-state index is 10.9. The summed E-state index contributed by atoms with van der Waals surface area (Å²) in [6, 6.07) is 0. The van der Waals surface area contributed by atoms with E-state index in [4.69, 9.17) is 0 Å². The highest BCUT2D eigenvalue weighted by atomic mass is 16.3. The third kappa shape index (κ3) is 2.04. The van der Waals surface area contributed by atoms with E-state index in [-0.39, 0.29) is 12.2 Å². The maximum Gasteiger partial charge on any atom is 0.136 e. The summed E-state index contributed by atoms with van der Waals surface area (Å²) in [7, 11) is 0. The number of ketones is 1. The van der Waals surface area contributed by atoms with Gasteiger partial charge < -0.3 is 5.11 Å². The molecule has 0 saturated heterocycles. The second kappa shape index (κ2) is 3.04. The van der Waals surface area contributed by atoms with Gasteiger partial charge in [-0.05, 0) is 18.9 Å². The number of rotatable bonds is 1. The van der Waals surface area contributed by atoms with Crippen molar-refractivity contribution in [2.75, 3.05) is 0 Å². The van der Waals surface area contributed by atoms with Crippen molar-refractivity contribution >= 4 is 5.78 Å². The minimum atomic E-state index is -0.947. The number of Topliss-reactive ketones (excluding diaryl/α,β-unsaturated/α-hetero) is 1. The lowest BCUT2D eigenvalue weighted by Gasteiger charge is -2.26. The first-order valence-corrected chi connectivity index (χ1v) is 3.77. The Balaban J connectivity index is 2.69. The van der Waals surface area contributed by atoms with Gasteiger partial charge in [-0.1, -0.05) is 6.58 Å². The molecule has 1 atom stereocenters. The van der Waals surface area contributed by atoms with Crippen LogP contribution >= 0.6 is 0 Å². The van der Waals surface area contributed by atoms with Crippen molar-refractivity contribution < 1.29 is 9.90 Å². The third-order valence-electron chi connectivity index (χ3n) is 1.94. The SMILES string of the molecule is C=C=CC1(O)CCCC(=O)C1. The van der Waals surface area contributed by atoms with Gasteiger partial charge in [-0.25, -0.2) is 0 Å². The molecule has 2 heteroatoms. The Bertz CT molecular complexity index is 214. The van der Waals surface area contributed by atoms with Crippen LogP contribution in [0.2, 0.25) is 0 Å². The highest BCUT2D eigenvalue weighted by Gasteiger charge is 2.30. The van der Waals surface area contributed by atoms with Crippen LogP contribution in [0.15, 0.2) is 18.4 Å². The molecule has 0 aliphatic heterocycles. The maximum absolute atomic E-state index is 10.9. The molecule has 0 radical (unpaired) electrons. The van der Waals surface area contributed by atoms with Gasteiger partial charge in [0.1, 0.15) is 5.78 Å². The Labute approximate surface area is 66.2 Å². The minimum Gasteiger partial charge on any atom is -0.385 e. The molecule has 11 heavy (non-hydrogen) atoms. The molecular weight excluding hydrogens is 140 g/mol. The van der Waals surface area contributed by atoms with Crippen LogP contribution in [0.25, 0.3) is 0 Å². The zero-order chi connectivity index (χ0) is 8.32. The normalized spacial score (nSPS) is 31.2. The van der Waals surface area contributed by atoms with Crippen LogP contribution < -0.4 is 0 Å². The smallest absolute Gasteiger partial charge is 0.136 e. The van der Waals surface area contributed by atoms with E-state index < -0.39 is 5.60 Å². The van der Waals surface area contributed by atoms with Crippen molar-refractivity contribution in [2.45, 2.75) is 31.3 Å². The summed E-state index contributed by atoms with van der Waals surface area (Å²) in [6.07, 6.45) is 3.75. The van der Waals surface area contributed by atoms with Crippen LogP contribution in [0.3, 0.4) is 0 Å². The molecule has 2 nitrogen and oxygen atoms in total. The molecule has 0 aromatic rings. The van der Waals surface area contributed by atoms with Crippen LogP contribution in [0.5, 0.6) is 0 Å². The lowest BCUT2D eigenvalue weighted by molar-refractivity contribution is -0.125. The molecule has 0 heterocycles. The molecule has 0 bridgehead atoms. The van der Waals surface area contributed by atoms with E-state index in [1.54, 1.807) is 0 Å². The Morgan fingerprint density at radius 2 is 2.45 bits per heavy atom. The van der Waals surface area contributed by atoms with Crippen LogP contribution in [0.4, 0.5) is 0 Å². The fraction of sp³-hybridized carbons (Fsp3) is 0.556. The van der Waals surface area contributed by atoms with Gasteiger partial charge >= 0.3 is 0 Å². The molecule has 1 N–H and O–H groups in total. The first-order chi connectivity index (χ1) is 5.16. The van der Waals surface area contributed by atoms with Gasteiger partial charge in [0, 0.05) is 12.8 Å². The molecule has 1 fully saturated rings. The van der Waals surface area contributed by atoms with Crippen molar-refractivity contribution in [1.29, 1.82) is 0 Å². The topological polar surface area (TPSA) is 37.3 Å². The van der Waals surface area contributed by atoms with Crippen molar-refractivity contribution in [3.63, 3.8) is 0 Å². The summed E-state index contributed by atoms with van der Waals surface area (Å²) in [5.74, 6) is 0.130. The molecule has 1 aliphatic rings. The van der Waals surface area contributed by atoms with E-state index >= 15 is 0 Å². The Kier molecular flexibility index (Phi) is 2.28. The zero-order valence-corrected chi connectivity index (χ0v) is 6.47. The number of carbonyl (C=O) groups is 1. The monoisotopic (exact) mass is 152 g/mol. The molecule has 1 rings (SSSR count). The van der Waals surface area contributed by atoms with Crippen molar-refractivity contribution in [3.8, 4) is 0 Å². The molecule has 1 unspecified atom stereocenters. The molecule has 0 amide bonds. The van der Waals surface area contributed by atoms with Gasteiger partial charge in [0.05, 0.1) is 5.60 Å². The lowest BCUT2D eigenvalue weighted by Crippen LogP contribution is -2.32. The summed E-state index contributed by atoms with van der Waals surface area (Å²) in [5.41, 5.74) is 1.57. The summed E-state index contributed by atoms with van der Waals surface area (Å²) in [6.45, 7) is 3.37. The fourth-order valence-corrected chi connectivity index (χ4v) is 1.42. The van der Waals surface area contributed by atoms with Crippen LogP contribution in [0.1, 0.15) is 25.7 Å². The Morgan fingerprint density at radius 1 is 1.73 bits per heavy atom. The number of hydrogen-bond acceptors (Lipinski definition) is 2. The van der Waals surface area contributed by atoms with E-state index in [2.05, 4.69) is 12.3 Å². The van der Waals surface area contributed by atoms with E-state index in [0.717, 1.165) is 6.42 Å². The summed E-state index contributed by atoms with van der Waals surface area (Å²) >= 11 is 0. The highest BCUT2D eigenvalue weighted by molar-refractivity contribution is 5.80. The quantitative estimate of drug-likeness (QED) is 0.573. The van der Waals surface area contributed by atoms with E-state index in [0.29, 0.717) is 12.8 Å². The van der Waals surface area contributed by atoms with E-state index in [9.17, 15) is 9.90 Å². The predicted molar refractivity (Wildman–Crippen MR) is 42.1 cm³/mol. The number of carbonyl (C=O) groups excluding carboxylic acids is 1. The van der Waals surface area contributed by atoms with E-state index in [1.807, 2.05) is 0 Å². The van der Waals surface area contributed by atoms with Crippen molar-refractivity contribution in [3.05, 3.63) is 18.4 Å². The molecular formula is C9H12O2. The second-order valence-electron chi connectivity index (χ2n) is 3.02. The van der Waals surface area contributed by atoms with Crippen LogP contribution in [0, 0.1) is 0 Å². The average Bonchev–Trinajstić information content (AvgIpc) is 1.86. The molecule has 1 aliphatic carbocycles. The van der Waals surface area contributed by atoms with Gasteiger partial charge in [-0.15, -0.1) is 5.73 Å². The van der Waals surface area contributed by atoms with Crippen LogP contribution in [-0.2, 0) is 4.79 Å². The minimum absolute atomic E-state index is 0.130. The first kappa shape index (κ1) is 8.25. The number of aliphatic hydroxyl groups is 1. The van der Waals surface area contributed by atoms with Gasteiger partial charge in [0.2, 0.25) is 0 Å². The third-order valence-corrected chi connectivity index (χ3v) is 1.94. The fourth-order valence-electron chi connectivity index (χ4n) is 1.42. The standard InChI is InChI=1S/C9H12O2/c1-2-5-9(11)6-3-4-8(10)7-9/h5,11H,1,3-4,6-7H2. The number of hydrogen-bond donors (Lipinski definition) is 1. The van der Waals surface area contributed by atoms with Gasteiger partial charge in [0.25, 0.3) is 0 Å². The highest BCUT2D eigenvalue weighted by Crippen LogP contribution is 2.26. The second-order valence-corrected chi connectivity index (χ2v) is 3.02. The van der Waals surface area contributed by atoms with Crippen molar-refractivity contribution in [2.24, 2.45) is 0 Å². The molecule has 0 spiro atoms. The molecule has 60 valence electrons. The Hall–Kier alpha value is -0.850. The van der Waals surface area contributed by atoms with Crippen LogP contribution in [-0.4, -0.2) is 16.5 Å². The molecule has 1 saturated carbocycles. The summed E-state index contributed by atoms with van der Waals surface area (Å²) in [5, 5.41) is 9.66. The Morgan fingerprint density at radius 3 is 3.00 bits per heavy atom. The molecule has 0 aromatic carbocycles. The summed E-state index contributed by atoms with van der Waals surface area (Å²) in [4.78, 5) is 10.9.